The van der Waals surface area contributed by atoms with Gasteiger partial charge in [0.25, 0.3) is 0 Å². The van der Waals surface area contributed by atoms with Crippen LogP contribution in [0.2, 0.25) is 0 Å². The van der Waals surface area contributed by atoms with Gasteiger partial charge in [0.2, 0.25) is 0 Å². The molecule has 3 heteroatoms. The highest BCUT2D eigenvalue weighted by atomic mass is 32.1. The summed E-state index contributed by atoms with van der Waals surface area (Å²) in [5, 5.41) is 3.61. The third-order valence-electron chi connectivity index (χ3n) is 3.03. The molecule has 0 radical (unpaired) electrons. The second-order valence-corrected chi connectivity index (χ2v) is 5.31. The van der Waals surface area contributed by atoms with Gasteiger partial charge in [-0.15, -0.1) is 11.3 Å². The molecule has 0 bridgehead atoms. The Kier molecular flexibility index (Phi) is 4.90. The molecule has 18 heavy (non-hydrogen) atoms. The zero-order valence-corrected chi connectivity index (χ0v) is 11.8. The molecule has 0 amide bonds. The number of rotatable bonds is 6. The van der Waals surface area contributed by atoms with E-state index in [9.17, 15) is 0 Å². The van der Waals surface area contributed by atoms with Crippen molar-refractivity contribution in [1.29, 1.82) is 0 Å². The molecule has 2 rings (SSSR count). The van der Waals surface area contributed by atoms with E-state index in [2.05, 4.69) is 48.4 Å². The van der Waals surface area contributed by atoms with E-state index in [0.717, 1.165) is 19.4 Å². The monoisotopic (exact) mass is 260 g/mol. The summed E-state index contributed by atoms with van der Waals surface area (Å²) in [5.74, 6) is 0. The van der Waals surface area contributed by atoms with Crippen molar-refractivity contribution < 1.29 is 0 Å². The van der Waals surface area contributed by atoms with Gasteiger partial charge in [0, 0.05) is 11.1 Å². The van der Waals surface area contributed by atoms with Gasteiger partial charge in [-0.05, 0) is 30.5 Å². The largest absolute Gasteiger partial charge is 0.306 e. The SMILES string of the molecule is CCCNC(c1cccc(CC)c1)c1cncs1. The number of benzene rings is 1. The fourth-order valence-corrected chi connectivity index (χ4v) is 2.75. The number of nitrogens with zero attached hydrogens (tertiary/aromatic N) is 1. The van der Waals surface area contributed by atoms with Gasteiger partial charge in [-0.2, -0.15) is 0 Å². The molecule has 1 aromatic heterocycles. The molecule has 0 fully saturated rings. The van der Waals surface area contributed by atoms with Crippen molar-refractivity contribution in [1.82, 2.24) is 10.3 Å². The lowest BCUT2D eigenvalue weighted by Crippen LogP contribution is -2.22. The smallest absolute Gasteiger partial charge is 0.0794 e. The molecule has 1 aromatic carbocycles. The first-order chi connectivity index (χ1) is 8.85. The van der Waals surface area contributed by atoms with Gasteiger partial charge in [0.1, 0.15) is 0 Å². The van der Waals surface area contributed by atoms with Gasteiger partial charge >= 0.3 is 0 Å². The average molecular weight is 260 g/mol. The summed E-state index contributed by atoms with van der Waals surface area (Å²) in [6, 6.07) is 9.12. The van der Waals surface area contributed by atoms with E-state index in [1.165, 1.54) is 16.0 Å². The van der Waals surface area contributed by atoms with Gasteiger partial charge < -0.3 is 5.32 Å². The highest BCUT2D eigenvalue weighted by Gasteiger charge is 2.14. The third kappa shape index (κ3) is 3.18. The summed E-state index contributed by atoms with van der Waals surface area (Å²) in [5.41, 5.74) is 4.63. The Morgan fingerprint density at radius 1 is 1.33 bits per heavy atom. The fraction of sp³-hybridized carbons (Fsp3) is 0.400. The van der Waals surface area contributed by atoms with Gasteiger partial charge in [0.15, 0.2) is 0 Å². The molecule has 96 valence electrons. The topological polar surface area (TPSA) is 24.9 Å². The summed E-state index contributed by atoms with van der Waals surface area (Å²) in [7, 11) is 0. The van der Waals surface area contributed by atoms with Crippen molar-refractivity contribution >= 4 is 11.3 Å². The highest BCUT2D eigenvalue weighted by Crippen LogP contribution is 2.25. The minimum atomic E-state index is 0.281. The van der Waals surface area contributed by atoms with Gasteiger partial charge in [-0.3, -0.25) is 4.98 Å². The zero-order valence-electron chi connectivity index (χ0n) is 11.0. The van der Waals surface area contributed by atoms with Crippen LogP contribution in [0, 0.1) is 0 Å². The number of hydrogen-bond acceptors (Lipinski definition) is 3. The highest BCUT2D eigenvalue weighted by molar-refractivity contribution is 7.09. The van der Waals surface area contributed by atoms with E-state index in [1.54, 1.807) is 11.3 Å². The van der Waals surface area contributed by atoms with Crippen LogP contribution in [0.1, 0.15) is 42.3 Å². The summed E-state index contributed by atoms with van der Waals surface area (Å²) < 4.78 is 0. The van der Waals surface area contributed by atoms with Crippen molar-refractivity contribution in [3.63, 3.8) is 0 Å². The first-order valence-electron chi connectivity index (χ1n) is 6.55. The van der Waals surface area contributed by atoms with Crippen LogP contribution in [-0.2, 0) is 6.42 Å². The Bertz CT molecular complexity index is 465. The first kappa shape index (κ1) is 13.2. The first-order valence-corrected chi connectivity index (χ1v) is 7.43. The van der Waals surface area contributed by atoms with Crippen molar-refractivity contribution in [2.45, 2.75) is 32.7 Å². The predicted molar refractivity (Wildman–Crippen MR) is 78.1 cm³/mol. The van der Waals surface area contributed by atoms with Crippen molar-refractivity contribution in [3.8, 4) is 0 Å². The van der Waals surface area contributed by atoms with Crippen LogP contribution in [0.5, 0.6) is 0 Å². The molecule has 0 aliphatic carbocycles. The Labute approximate surface area is 113 Å². The number of nitrogens with one attached hydrogen (secondary N) is 1. The molecule has 0 aliphatic rings. The lowest BCUT2D eigenvalue weighted by atomic mass is 10.0. The number of thiazole rings is 1. The standard InChI is InChI=1S/C15H20N2S/c1-3-8-17-15(14-10-16-11-18-14)13-7-5-6-12(4-2)9-13/h5-7,9-11,15,17H,3-4,8H2,1-2H3. The molecule has 1 heterocycles. The van der Waals surface area contributed by atoms with Crippen LogP contribution in [0.15, 0.2) is 36.0 Å². The quantitative estimate of drug-likeness (QED) is 0.854. The summed E-state index contributed by atoms with van der Waals surface area (Å²) in [6.45, 7) is 5.42. The maximum Gasteiger partial charge on any atom is 0.0794 e. The fourth-order valence-electron chi connectivity index (χ4n) is 2.03. The van der Waals surface area contributed by atoms with Gasteiger partial charge in [-0.25, -0.2) is 0 Å². The van der Waals surface area contributed by atoms with Gasteiger partial charge in [0.05, 0.1) is 11.6 Å². The molecule has 1 N–H and O–H groups in total. The zero-order chi connectivity index (χ0) is 12.8. The Balaban J connectivity index is 2.27. The van der Waals surface area contributed by atoms with Crippen LogP contribution in [0.3, 0.4) is 0 Å². The molecule has 1 unspecified atom stereocenters. The lowest BCUT2D eigenvalue weighted by molar-refractivity contribution is 0.604. The van der Waals surface area contributed by atoms with Crippen LogP contribution in [0.4, 0.5) is 0 Å². The van der Waals surface area contributed by atoms with Gasteiger partial charge in [-0.1, -0.05) is 38.1 Å². The molecule has 2 nitrogen and oxygen atoms in total. The van der Waals surface area contributed by atoms with E-state index in [4.69, 9.17) is 0 Å². The lowest BCUT2D eigenvalue weighted by Gasteiger charge is -2.18. The third-order valence-corrected chi connectivity index (χ3v) is 3.87. The second-order valence-electron chi connectivity index (χ2n) is 4.39. The Morgan fingerprint density at radius 2 is 2.22 bits per heavy atom. The van der Waals surface area contributed by atoms with E-state index in [1.807, 2.05) is 11.7 Å². The predicted octanol–water partition coefficient (Wildman–Crippen LogP) is 3.79. The maximum absolute atomic E-state index is 4.20. The van der Waals surface area contributed by atoms with E-state index >= 15 is 0 Å². The molecule has 2 aromatic rings. The van der Waals surface area contributed by atoms with Crippen LogP contribution < -0.4 is 5.32 Å². The van der Waals surface area contributed by atoms with E-state index in [0.29, 0.717) is 0 Å². The van der Waals surface area contributed by atoms with Crippen molar-refractivity contribution in [2.24, 2.45) is 0 Å². The minimum absolute atomic E-state index is 0.281. The summed E-state index contributed by atoms with van der Waals surface area (Å²) in [4.78, 5) is 5.49. The number of hydrogen-bond donors (Lipinski definition) is 1. The molecule has 0 saturated heterocycles. The van der Waals surface area contributed by atoms with Crippen LogP contribution >= 0.6 is 11.3 Å². The molecule has 0 aliphatic heterocycles. The second kappa shape index (κ2) is 6.66. The van der Waals surface area contributed by atoms with Crippen molar-refractivity contribution in [3.05, 3.63) is 52.0 Å². The Hall–Kier alpha value is -1.19. The molecular weight excluding hydrogens is 240 g/mol. The minimum Gasteiger partial charge on any atom is -0.306 e. The van der Waals surface area contributed by atoms with E-state index in [-0.39, 0.29) is 6.04 Å². The number of aromatic nitrogens is 1. The molecular formula is C15H20N2S. The number of aryl methyl sites for hydroxylation is 1. The molecule has 0 spiro atoms. The van der Waals surface area contributed by atoms with Crippen LogP contribution in [-0.4, -0.2) is 11.5 Å². The van der Waals surface area contributed by atoms with Crippen LogP contribution in [0.25, 0.3) is 0 Å². The normalized spacial score (nSPS) is 12.6. The molecule has 1 atom stereocenters. The van der Waals surface area contributed by atoms with E-state index < -0.39 is 0 Å². The van der Waals surface area contributed by atoms with Crippen molar-refractivity contribution in [2.75, 3.05) is 6.54 Å². The average Bonchev–Trinajstić information content (AvgIpc) is 2.93. The Morgan fingerprint density at radius 3 is 2.89 bits per heavy atom. The summed E-state index contributed by atoms with van der Waals surface area (Å²) >= 11 is 1.72. The molecule has 0 saturated carbocycles. The summed E-state index contributed by atoms with van der Waals surface area (Å²) in [6.07, 6.45) is 4.19. The maximum atomic E-state index is 4.20.